The van der Waals surface area contributed by atoms with Crippen molar-refractivity contribution in [3.8, 4) is 11.1 Å². The van der Waals surface area contributed by atoms with Crippen molar-refractivity contribution in [1.29, 1.82) is 0 Å². The molecule has 1 aromatic carbocycles. The third kappa shape index (κ3) is 2.77. The quantitative estimate of drug-likeness (QED) is 0.797. The average molecular weight is 328 g/mol. The number of benzene rings is 1. The molecule has 118 valence electrons. The van der Waals surface area contributed by atoms with Gasteiger partial charge in [0.1, 0.15) is 17.2 Å². The maximum absolute atomic E-state index is 12.9. The van der Waals surface area contributed by atoms with Crippen molar-refractivity contribution in [2.45, 2.75) is 26.3 Å². The zero-order valence-corrected chi connectivity index (χ0v) is 13.6. The number of aromatic nitrogens is 2. The van der Waals surface area contributed by atoms with Crippen LogP contribution in [0, 0.1) is 0 Å². The van der Waals surface area contributed by atoms with E-state index in [4.69, 9.17) is 5.11 Å². The molecule has 0 saturated heterocycles. The zero-order chi connectivity index (χ0) is 16.6. The van der Waals surface area contributed by atoms with Gasteiger partial charge in [-0.25, -0.2) is 4.98 Å². The zero-order valence-electron chi connectivity index (χ0n) is 12.8. The predicted molar refractivity (Wildman–Crippen MR) is 91.0 cm³/mol. The van der Waals surface area contributed by atoms with Gasteiger partial charge in [0.05, 0.1) is 5.39 Å². The highest BCUT2D eigenvalue weighted by atomic mass is 32.1. The maximum Gasteiger partial charge on any atom is 0.323 e. The summed E-state index contributed by atoms with van der Waals surface area (Å²) in [5.74, 6) is -0.577. The number of rotatable bonds is 4. The first-order chi connectivity index (χ1) is 11.0. The largest absolute Gasteiger partial charge is 0.480 e. The Morgan fingerprint density at radius 2 is 2.00 bits per heavy atom. The molecule has 1 N–H and O–H groups in total. The molecule has 0 fully saturated rings. The molecule has 0 aliphatic heterocycles. The molecule has 0 aliphatic carbocycles. The number of nitrogens with zero attached hydrogens (tertiary/aromatic N) is 2. The maximum atomic E-state index is 12.9. The summed E-state index contributed by atoms with van der Waals surface area (Å²) in [6.45, 7) is 3.43. The number of carboxylic acids is 1. The summed E-state index contributed by atoms with van der Waals surface area (Å²) in [7, 11) is 0. The topological polar surface area (TPSA) is 72.2 Å². The van der Waals surface area contributed by atoms with Crippen LogP contribution in [-0.2, 0) is 11.3 Å². The minimum atomic E-state index is -1.05. The van der Waals surface area contributed by atoms with E-state index in [0.717, 1.165) is 11.1 Å². The van der Waals surface area contributed by atoms with Crippen LogP contribution in [-0.4, -0.2) is 20.6 Å². The van der Waals surface area contributed by atoms with Crippen LogP contribution in [0.15, 0.2) is 40.5 Å². The van der Waals surface area contributed by atoms with Crippen molar-refractivity contribution >= 4 is 27.5 Å². The highest BCUT2D eigenvalue weighted by molar-refractivity contribution is 7.17. The minimum Gasteiger partial charge on any atom is -0.480 e. The van der Waals surface area contributed by atoms with Crippen LogP contribution < -0.4 is 5.56 Å². The SMILES string of the molecule is CC(C)c1nc2scc(-c3ccccc3)c2c(=O)n1CC(=O)O. The Hall–Kier alpha value is -2.47. The first kappa shape index (κ1) is 15.4. The van der Waals surface area contributed by atoms with Gasteiger partial charge in [-0.3, -0.25) is 14.2 Å². The molecule has 0 bridgehead atoms. The van der Waals surface area contributed by atoms with E-state index in [2.05, 4.69) is 4.98 Å². The number of hydrogen-bond donors (Lipinski definition) is 1. The summed E-state index contributed by atoms with van der Waals surface area (Å²) in [5, 5.41) is 11.5. The van der Waals surface area contributed by atoms with Crippen molar-refractivity contribution in [2.75, 3.05) is 0 Å². The lowest BCUT2D eigenvalue weighted by Gasteiger charge is -2.13. The van der Waals surface area contributed by atoms with E-state index in [1.165, 1.54) is 15.9 Å². The van der Waals surface area contributed by atoms with Crippen molar-refractivity contribution < 1.29 is 9.90 Å². The monoisotopic (exact) mass is 328 g/mol. The number of thiophene rings is 1. The Bertz CT molecular complexity index is 926. The molecule has 3 rings (SSSR count). The van der Waals surface area contributed by atoms with Crippen molar-refractivity contribution in [1.82, 2.24) is 9.55 Å². The lowest BCUT2D eigenvalue weighted by Crippen LogP contribution is -2.29. The van der Waals surface area contributed by atoms with E-state index >= 15 is 0 Å². The van der Waals surface area contributed by atoms with E-state index in [1.807, 2.05) is 49.6 Å². The summed E-state index contributed by atoms with van der Waals surface area (Å²) >= 11 is 1.41. The van der Waals surface area contributed by atoms with Crippen molar-refractivity contribution in [3.05, 3.63) is 51.9 Å². The molecule has 23 heavy (non-hydrogen) atoms. The number of fused-ring (bicyclic) bond motifs is 1. The van der Waals surface area contributed by atoms with E-state index in [9.17, 15) is 9.59 Å². The summed E-state index contributed by atoms with van der Waals surface area (Å²) in [4.78, 5) is 29.3. The van der Waals surface area contributed by atoms with Crippen LogP contribution in [0.25, 0.3) is 21.3 Å². The van der Waals surface area contributed by atoms with Crippen LogP contribution in [0.2, 0.25) is 0 Å². The molecule has 0 atom stereocenters. The second-order valence-electron chi connectivity index (χ2n) is 5.61. The number of aliphatic carboxylic acids is 1. The lowest BCUT2D eigenvalue weighted by molar-refractivity contribution is -0.137. The van der Waals surface area contributed by atoms with Crippen molar-refractivity contribution in [3.63, 3.8) is 0 Å². The Balaban J connectivity index is 2.33. The van der Waals surface area contributed by atoms with Gasteiger partial charge < -0.3 is 5.11 Å². The number of carboxylic acid groups (broad SMARTS) is 1. The summed E-state index contributed by atoms with van der Waals surface area (Å²) in [5.41, 5.74) is 1.44. The van der Waals surface area contributed by atoms with E-state index < -0.39 is 5.97 Å². The smallest absolute Gasteiger partial charge is 0.323 e. The minimum absolute atomic E-state index is 0.0336. The van der Waals surface area contributed by atoms with Crippen molar-refractivity contribution in [2.24, 2.45) is 0 Å². The Kier molecular flexibility index (Phi) is 4.00. The van der Waals surface area contributed by atoms with E-state index in [0.29, 0.717) is 16.0 Å². The van der Waals surface area contributed by atoms with Gasteiger partial charge in [-0.2, -0.15) is 0 Å². The van der Waals surface area contributed by atoms with Crippen LogP contribution in [0.1, 0.15) is 25.6 Å². The van der Waals surface area contributed by atoms with Gasteiger partial charge in [-0.05, 0) is 5.56 Å². The van der Waals surface area contributed by atoms with Gasteiger partial charge in [0.25, 0.3) is 5.56 Å². The number of hydrogen-bond acceptors (Lipinski definition) is 4. The second kappa shape index (κ2) is 5.96. The standard InChI is InChI=1S/C17H16N2O3S/c1-10(2)15-18-16-14(17(22)19(15)8-13(20)21)12(9-23-16)11-6-4-3-5-7-11/h3-7,9-10H,8H2,1-2H3,(H,20,21). The second-order valence-corrected chi connectivity index (χ2v) is 6.46. The fraction of sp³-hybridized carbons (Fsp3) is 0.235. The summed E-state index contributed by atoms with van der Waals surface area (Å²) in [6, 6.07) is 9.59. The molecule has 6 heteroatoms. The molecular formula is C17H16N2O3S. The van der Waals surface area contributed by atoms with Gasteiger partial charge in [-0.15, -0.1) is 11.3 Å². The van der Waals surface area contributed by atoms with E-state index in [-0.39, 0.29) is 18.0 Å². The van der Waals surface area contributed by atoms with Gasteiger partial charge in [-0.1, -0.05) is 44.2 Å². The van der Waals surface area contributed by atoms with Gasteiger partial charge in [0, 0.05) is 16.9 Å². The number of carbonyl (C=O) groups is 1. The molecule has 0 spiro atoms. The molecule has 2 aromatic heterocycles. The molecular weight excluding hydrogens is 312 g/mol. The first-order valence-electron chi connectivity index (χ1n) is 7.28. The Morgan fingerprint density at radius 1 is 1.30 bits per heavy atom. The fourth-order valence-corrected chi connectivity index (χ4v) is 3.54. The molecule has 2 heterocycles. The normalized spacial score (nSPS) is 11.3. The fourth-order valence-electron chi connectivity index (χ4n) is 2.60. The first-order valence-corrected chi connectivity index (χ1v) is 8.16. The third-order valence-electron chi connectivity index (χ3n) is 3.62. The highest BCUT2D eigenvalue weighted by Gasteiger charge is 2.19. The molecule has 0 unspecified atom stereocenters. The van der Waals surface area contributed by atoms with Gasteiger partial charge >= 0.3 is 5.97 Å². The molecule has 0 amide bonds. The van der Waals surface area contributed by atoms with Crippen LogP contribution in [0.3, 0.4) is 0 Å². The summed E-state index contributed by atoms with van der Waals surface area (Å²) in [6.07, 6.45) is 0. The van der Waals surface area contributed by atoms with Gasteiger partial charge in [0.2, 0.25) is 0 Å². The van der Waals surface area contributed by atoms with Gasteiger partial charge in [0.15, 0.2) is 0 Å². The molecule has 0 aliphatic rings. The molecule has 0 saturated carbocycles. The van der Waals surface area contributed by atoms with Crippen LogP contribution >= 0.6 is 11.3 Å². The molecule has 5 nitrogen and oxygen atoms in total. The van der Waals surface area contributed by atoms with Crippen LogP contribution in [0.5, 0.6) is 0 Å². The average Bonchev–Trinajstić information content (AvgIpc) is 2.94. The molecule has 3 aromatic rings. The van der Waals surface area contributed by atoms with E-state index in [1.54, 1.807) is 0 Å². The third-order valence-corrected chi connectivity index (χ3v) is 4.49. The highest BCUT2D eigenvalue weighted by Crippen LogP contribution is 2.31. The predicted octanol–water partition coefficient (Wildman–Crippen LogP) is 3.33. The summed E-state index contributed by atoms with van der Waals surface area (Å²) < 4.78 is 1.27. The molecule has 0 radical (unpaired) electrons. The van der Waals surface area contributed by atoms with Crippen LogP contribution in [0.4, 0.5) is 0 Å². The Morgan fingerprint density at radius 3 is 2.61 bits per heavy atom. The lowest BCUT2D eigenvalue weighted by atomic mass is 10.1. The Labute approximate surface area is 136 Å².